The molecule has 0 bridgehead atoms. The molecule has 14 heavy (non-hydrogen) atoms. The largest absolute Gasteiger partial charge is 0.330 e. The van der Waals surface area contributed by atoms with Crippen LogP contribution in [0.5, 0.6) is 0 Å². The van der Waals surface area contributed by atoms with E-state index in [1.165, 1.54) is 5.56 Å². The summed E-state index contributed by atoms with van der Waals surface area (Å²) in [6.45, 7) is 4.76. The molecule has 0 atom stereocenters. The van der Waals surface area contributed by atoms with Crippen LogP contribution in [0.15, 0.2) is 18.3 Å². The molecule has 0 aromatic carbocycles. The maximum atomic E-state index is 5.45. The molecule has 0 saturated carbocycles. The highest BCUT2D eigenvalue weighted by Crippen LogP contribution is 2.02. The number of hydrogen-bond donors (Lipinski definition) is 1. The lowest BCUT2D eigenvalue weighted by atomic mass is 10.2. The molecule has 2 N–H and O–H groups in total. The van der Waals surface area contributed by atoms with Crippen LogP contribution in [0.1, 0.15) is 17.7 Å². The summed E-state index contributed by atoms with van der Waals surface area (Å²) in [5.74, 6) is 0. The lowest BCUT2D eigenvalue weighted by Crippen LogP contribution is -2.21. The maximum Gasteiger partial charge on any atom is 0.0372 e. The van der Waals surface area contributed by atoms with Gasteiger partial charge in [-0.25, -0.2) is 0 Å². The average molecular weight is 193 g/mol. The van der Waals surface area contributed by atoms with E-state index in [4.69, 9.17) is 5.73 Å². The molecule has 3 heteroatoms. The molecule has 0 spiro atoms. The molecule has 0 aliphatic heterocycles. The third kappa shape index (κ3) is 3.85. The summed E-state index contributed by atoms with van der Waals surface area (Å²) in [5, 5.41) is 0. The maximum absolute atomic E-state index is 5.45. The standard InChI is InChI=1S/C11H19N3/c1-10-4-5-11(8-13-10)9-14(2)7-3-6-12/h4-5,8H,3,6-7,9,12H2,1-2H3. The Morgan fingerprint density at radius 2 is 2.21 bits per heavy atom. The summed E-state index contributed by atoms with van der Waals surface area (Å²) in [7, 11) is 2.11. The molecule has 0 aliphatic carbocycles. The number of aryl methyl sites for hydroxylation is 1. The molecule has 0 aliphatic rings. The predicted molar refractivity (Wildman–Crippen MR) is 59.0 cm³/mol. The van der Waals surface area contributed by atoms with Gasteiger partial charge in [0.1, 0.15) is 0 Å². The van der Waals surface area contributed by atoms with Crippen molar-refractivity contribution in [2.24, 2.45) is 5.73 Å². The summed E-state index contributed by atoms with van der Waals surface area (Å²) in [6, 6.07) is 4.17. The predicted octanol–water partition coefficient (Wildman–Crippen LogP) is 1.17. The fraction of sp³-hybridized carbons (Fsp3) is 0.545. The van der Waals surface area contributed by atoms with Crippen LogP contribution in [-0.4, -0.2) is 30.0 Å². The third-order valence-corrected chi connectivity index (χ3v) is 2.17. The topological polar surface area (TPSA) is 42.1 Å². The normalized spacial score (nSPS) is 10.9. The summed E-state index contributed by atoms with van der Waals surface area (Å²) >= 11 is 0. The molecule has 3 nitrogen and oxygen atoms in total. The lowest BCUT2D eigenvalue weighted by Gasteiger charge is -2.15. The van der Waals surface area contributed by atoms with Gasteiger partial charge in [0, 0.05) is 18.4 Å². The Morgan fingerprint density at radius 3 is 2.79 bits per heavy atom. The van der Waals surface area contributed by atoms with Crippen LogP contribution in [0.25, 0.3) is 0 Å². The zero-order chi connectivity index (χ0) is 10.4. The number of aromatic nitrogens is 1. The van der Waals surface area contributed by atoms with Crippen molar-refractivity contribution in [2.45, 2.75) is 19.9 Å². The minimum Gasteiger partial charge on any atom is -0.330 e. The summed E-state index contributed by atoms with van der Waals surface area (Å²) in [5.41, 5.74) is 7.78. The van der Waals surface area contributed by atoms with E-state index in [0.29, 0.717) is 0 Å². The fourth-order valence-corrected chi connectivity index (χ4v) is 1.34. The second kappa shape index (κ2) is 5.73. The van der Waals surface area contributed by atoms with Gasteiger partial charge in [-0.1, -0.05) is 6.07 Å². The minimum atomic E-state index is 0.760. The lowest BCUT2D eigenvalue weighted by molar-refractivity contribution is 0.324. The van der Waals surface area contributed by atoms with Gasteiger partial charge in [-0.2, -0.15) is 0 Å². The first kappa shape index (κ1) is 11.1. The first-order valence-electron chi connectivity index (χ1n) is 5.02. The minimum absolute atomic E-state index is 0.760. The van der Waals surface area contributed by atoms with Crippen molar-refractivity contribution in [1.82, 2.24) is 9.88 Å². The molecule has 1 rings (SSSR count). The van der Waals surface area contributed by atoms with Gasteiger partial charge in [-0.05, 0) is 45.1 Å². The highest BCUT2D eigenvalue weighted by molar-refractivity contribution is 5.12. The fourth-order valence-electron chi connectivity index (χ4n) is 1.34. The van der Waals surface area contributed by atoms with E-state index in [0.717, 1.165) is 31.7 Å². The SMILES string of the molecule is Cc1ccc(CN(C)CCCN)cn1. The monoisotopic (exact) mass is 193 g/mol. The molecule has 78 valence electrons. The second-order valence-corrected chi connectivity index (χ2v) is 3.69. The van der Waals surface area contributed by atoms with Gasteiger partial charge in [0.2, 0.25) is 0 Å². The molecule has 0 fully saturated rings. The van der Waals surface area contributed by atoms with Crippen molar-refractivity contribution in [3.05, 3.63) is 29.6 Å². The van der Waals surface area contributed by atoms with E-state index >= 15 is 0 Å². The highest BCUT2D eigenvalue weighted by atomic mass is 15.1. The van der Waals surface area contributed by atoms with Gasteiger partial charge in [0.05, 0.1) is 0 Å². The van der Waals surface area contributed by atoms with Crippen LogP contribution < -0.4 is 5.73 Å². The van der Waals surface area contributed by atoms with Gasteiger partial charge in [-0.15, -0.1) is 0 Å². The Morgan fingerprint density at radius 1 is 1.43 bits per heavy atom. The second-order valence-electron chi connectivity index (χ2n) is 3.69. The van der Waals surface area contributed by atoms with Crippen molar-refractivity contribution in [3.8, 4) is 0 Å². The van der Waals surface area contributed by atoms with E-state index in [-0.39, 0.29) is 0 Å². The van der Waals surface area contributed by atoms with Crippen molar-refractivity contribution in [1.29, 1.82) is 0 Å². The molecule has 1 heterocycles. The summed E-state index contributed by atoms with van der Waals surface area (Å²) in [6.07, 6.45) is 2.99. The molecule has 0 radical (unpaired) electrons. The smallest absolute Gasteiger partial charge is 0.0372 e. The van der Waals surface area contributed by atoms with Gasteiger partial charge in [-0.3, -0.25) is 4.98 Å². The van der Waals surface area contributed by atoms with Gasteiger partial charge >= 0.3 is 0 Å². The van der Waals surface area contributed by atoms with E-state index in [1.54, 1.807) is 0 Å². The molecule has 0 amide bonds. The van der Waals surface area contributed by atoms with Crippen molar-refractivity contribution in [2.75, 3.05) is 20.1 Å². The Bertz CT molecular complexity index is 256. The van der Waals surface area contributed by atoms with Crippen LogP contribution in [0.2, 0.25) is 0 Å². The average Bonchev–Trinajstić information content (AvgIpc) is 2.18. The summed E-state index contributed by atoms with van der Waals surface area (Å²) < 4.78 is 0. The highest BCUT2D eigenvalue weighted by Gasteiger charge is 1.99. The third-order valence-electron chi connectivity index (χ3n) is 2.17. The van der Waals surface area contributed by atoms with E-state index in [2.05, 4.69) is 23.0 Å². The Hall–Kier alpha value is -0.930. The van der Waals surface area contributed by atoms with Crippen LogP contribution in [0.3, 0.4) is 0 Å². The number of nitrogens with zero attached hydrogens (tertiary/aromatic N) is 2. The van der Waals surface area contributed by atoms with Crippen LogP contribution in [0.4, 0.5) is 0 Å². The molecule has 1 aromatic heterocycles. The Labute approximate surface area is 85.9 Å². The van der Waals surface area contributed by atoms with E-state index in [1.807, 2.05) is 19.2 Å². The molecular formula is C11H19N3. The van der Waals surface area contributed by atoms with E-state index < -0.39 is 0 Å². The number of hydrogen-bond acceptors (Lipinski definition) is 3. The Balaban J connectivity index is 2.39. The van der Waals surface area contributed by atoms with E-state index in [9.17, 15) is 0 Å². The molecule has 1 aromatic rings. The van der Waals surface area contributed by atoms with Crippen molar-refractivity contribution >= 4 is 0 Å². The number of rotatable bonds is 5. The zero-order valence-electron chi connectivity index (χ0n) is 9.03. The quantitative estimate of drug-likeness (QED) is 0.763. The summed E-state index contributed by atoms with van der Waals surface area (Å²) in [4.78, 5) is 6.52. The molecule has 0 unspecified atom stereocenters. The van der Waals surface area contributed by atoms with Gasteiger partial charge in [0.15, 0.2) is 0 Å². The first-order valence-corrected chi connectivity index (χ1v) is 5.02. The number of nitrogens with two attached hydrogens (primary N) is 1. The number of pyridine rings is 1. The van der Waals surface area contributed by atoms with Crippen LogP contribution in [-0.2, 0) is 6.54 Å². The van der Waals surface area contributed by atoms with Crippen LogP contribution in [0, 0.1) is 6.92 Å². The van der Waals surface area contributed by atoms with Crippen molar-refractivity contribution < 1.29 is 0 Å². The first-order chi connectivity index (χ1) is 6.72. The Kier molecular flexibility index (Phi) is 4.56. The van der Waals surface area contributed by atoms with Crippen LogP contribution >= 0.6 is 0 Å². The van der Waals surface area contributed by atoms with Gasteiger partial charge < -0.3 is 10.6 Å². The van der Waals surface area contributed by atoms with Crippen molar-refractivity contribution in [3.63, 3.8) is 0 Å². The molecule has 0 saturated heterocycles. The zero-order valence-corrected chi connectivity index (χ0v) is 9.03. The van der Waals surface area contributed by atoms with Gasteiger partial charge in [0.25, 0.3) is 0 Å². The molecular weight excluding hydrogens is 174 g/mol.